The third-order valence-electron chi connectivity index (χ3n) is 0.260. The van der Waals surface area contributed by atoms with Gasteiger partial charge in [0, 0.05) is 9.97 Å². The molecule has 0 aromatic rings. The maximum absolute atomic E-state index is 4.68. The second-order valence-corrected chi connectivity index (χ2v) is 1.72. The van der Waals surface area contributed by atoms with Gasteiger partial charge >= 0.3 is 0 Å². The van der Waals surface area contributed by atoms with Crippen LogP contribution in [-0.4, -0.2) is 0 Å². The lowest BCUT2D eigenvalue weighted by molar-refractivity contribution is 0.405. The fraction of sp³-hybridized carbons (Fsp3) is 0. The minimum atomic E-state index is 1.51. The third-order valence-corrected chi connectivity index (χ3v) is 0.692. The van der Waals surface area contributed by atoms with E-state index < -0.39 is 0 Å². The van der Waals surface area contributed by atoms with Gasteiger partial charge < -0.3 is 4.74 Å². The molecule has 1 nitrogen and oxygen atoms in total. The van der Waals surface area contributed by atoms with E-state index in [0.717, 1.165) is 0 Å². The normalized spacial score (nSPS) is 11.1. The Morgan fingerprint density at radius 3 is 1.71 bits per heavy atom. The van der Waals surface area contributed by atoms with Gasteiger partial charge in [0.15, 0.2) is 0 Å². The van der Waals surface area contributed by atoms with Gasteiger partial charge in [-0.15, -0.1) is 0 Å². The summed E-state index contributed by atoms with van der Waals surface area (Å²) < 4.78 is 4.68. The van der Waals surface area contributed by atoms with Gasteiger partial charge in [0.25, 0.3) is 0 Å². The minimum Gasteiger partial charge on any atom is -0.472 e. The zero-order chi connectivity index (χ0) is 5.54. The van der Waals surface area contributed by atoms with Crippen molar-refractivity contribution in [1.82, 2.24) is 0 Å². The number of halogens is 2. The van der Waals surface area contributed by atoms with Gasteiger partial charge in [0.1, 0.15) is 0 Å². The highest BCUT2D eigenvalue weighted by Crippen LogP contribution is 1.87. The standard InChI is InChI=1S/C4H4Br2O/c5-1-3-7-4-2-6/h1-4H. The lowest BCUT2D eigenvalue weighted by Gasteiger charge is -1.80. The second-order valence-electron chi connectivity index (χ2n) is 0.660. The van der Waals surface area contributed by atoms with Crippen LogP contribution in [0.5, 0.6) is 0 Å². The smallest absolute Gasteiger partial charge is 0.0970 e. The summed E-state index contributed by atoms with van der Waals surface area (Å²) in [4.78, 5) is 3.25. The number of hydrogen-bond donors (Lipinski definition) is 0. The van der Waals surface area contributed by atoms with Crippen LogP contribution in [0.25, 0.3) is 0 Å². The second kappa shape index (κ2) is 6.24. The first kappa shape index (κ1) is 7.24. The first-order chi connectivity index (χ1) is 3.41. The van der Waals surface area contributed by atoms with Crippen molar-refractivity contribution < 1.29 is 4.74 Å². The highest BCUT2D eigenvalue weighted by atomic mass is 79.9. The monoisotopic (exact) mass is 226 g/mol. The average Bonchev–Trinajstić information content (AvgIpc) is 1.69. The molecule has 0 aliphatic heterocycles. The molecule has 0 saturated carbocycles. The molecule has 0 amide bonds. The molecule has 0 saturated heterocycles. The molecule has 0 atom stereocenters. The van der Waals surface area contributed by atoms with Gasteiger partial charge in [-0.2, -0.15) is 0 Å². The van der Waals surface area contributed by atoms with Crippen LogP contribution >= 0.6 is 31.9 Å². The molecule has 0 rings (SSSR count). The van der Waals surface area contributed by atoms with Crippen molar-refractivity contribution in [1.29, 1.82) is 0 Å². The average molecular weight is 228 g/mol. The third kappa shape index (κ3) is 6.24. The molecule has 7 heavy (non-hydrogen) atoms. The molecular formula is C4H4Br2O. The molecule has 0 fully saturated rings. The van der Waals surface area contributed by atoms with E-state index in [1.807, 2.05) is 0 Å². The summed E-state index contributed by atoms with van der Waals surface area (Å²) in [6, 6.07) is 0. The molecule has 0 aliphatic rings. The van der Waals surface area contributed by atoms with Crippen LogP contribution in [0, 0.1) is 0 Å². The molecular weight excluding hydrogens is 224 g/mol. The lowest BCUT2D eigenvalue weighted by atomic mass is 11.1. The largest absolute Gasteiger partial charge is 0.472 e. The summed E-state index contributed by atoms with van der Waals surface area (Å²) in [6.45, 7) is 0. The van der Waals surface area contributed by atoms with E-state index in [4.69, 9.17) is 0 Å². The molecule has 40 valence electrons. The van der Waals surface area contributed by atoms with Crippen LogP contribution in [0.2, 0.25) is 0 Å². The van der Waals surface area contributed by atoms with E-state index in [1.54, 1.807) is 9.97 Å². The van der Waals surface area contributed by atoms with E-state index in [2.05, 4.69) is 36.6 Å². The summed E-state index contributed by atoms with van der Waals surface area (Å²) in [5.74, 6) is 0. The van der Waals surface area contributed by atoms with Gasteiger partial charge in [0.2, 0.25) is 0 Å². The maximum Gasteiger partial charge on any atom is 0.0970 e. The van der Waals surface area contributed by atoms with E-state index in [1.165, 1.54) is 12.5 Å². The summed E-state index contributed by atoms with van der Waals surface area (Å²) in [5.41, 5.74) is 0. The van der Waals surface area contributed by atoms with Crippen LogP contribution in [0.15, 0.2) is 22.5 Å². The Balaban J connectivity index is 2.98. The zero-order valence-electron chi connectivity index (χ0n) is 3.47. The Kier molecular flexibility index (Phi) is 6.45. The molecule has 3 heteroatoms. The summed E-state index contributed by atoms with van der Waals surface area (Å²) in [5, 5.41) is 0. The van der Waals surface area contributed by atoms with E-state index in [0.29, 0.717) is 0 Å². The topological polar surface area (TPSA) is 9.23 Å². The summed E-state index contributed by atoms with van der Waals surface area (Å²) in [7, 11) is 0. The molecule has 0 N–H and O–H groups in total. The zero-order valence-corrected chi connectivity index (χ0v) is 6.65. The Hall–Kier alpha value is 0.240. The predicted molar refractivity (Wildman–Crippen MR) is 37.2 cm³/mol. The fourth-order valence-corrected chi connectivity index (χ4v) is 0.354. The first-order valence-corrected chi connectivity index (χ1v) is 3.41. The minimum absolute atomic E-state index is 1.51. The molecule has 0 spiro atoms. The van der Waals surface area contributed by atoms with Crippen LogP contribution in [0.1, 0.15) is 0 Å². The molecule has 0 aliphatic carbocycles. The van der Waals surface area contributed by atoms with Crippen LogP contribution in [0.3, 0.4) is 0 Å². The SMILES string of the molecule is BrC=COC=CBr. The fourth-order valence-electron chi connectivity index (χ4n) is 0.105. The van der Waals surface area contributed by atoms with Crippen molar-refractivity contribution in [2.45, 2.75) is 0 Å². The summed E-state index contributed by atoms with van der Waals surface area (Å²) >= 11 is 6.05. The van der Waals surface area contributed by atoms with E-state index in [9.17, 15) is 0 Å². The van der Waals surface area contributed by atoms with Crippen molar-refractivity contribution in [2.75, 3.05) is 0 Å². The Morgan fingerprint density at radius 2 is 1.43 bits per heavy atom. The number of hydrogen-bond acceptors (Lipinski definition) is 1. The highest BCUT2D eigenvalue weighted by molar-refractivity contribution is 9.11. The van der Waals surface area contributed by atoms with E-state index in [-0.39, 0.29) is 0 Å². The Morgan fingerprint density at radius 1 is 1.00 bits per heavy atom. The molecule has 0 heterocycles. The maximum atomic E-state index is 4.68. The van der Waals surface area contributed by atoms with E-state index >= 15 is 0 Å². The van der Waals surface area contributed by atoms with Crippen molar-refractivity contribution in [3.8, 4) is 0 Å². The van der Waals surface area contributed by atoms with Gasteiger partial charge in [-0.05, 0) is 0 Å². The molecule has 0 aromatic heterocycles. The van der Waals surface area contributed by atoms with Gasteiger partial charge in [-0.1, -0.05) is 31.9 Å². The molecule has 0 bridgehead atoms. The van der Waals surface area contributed by atoms with Crippen molar-refractivity contribution in [2.24, 2.45) is 0 Å². The van der Waals surface area contributed by atoms with Gasteiger partial charge in [-0.3, -0.25) is 0 Å². The van der Waals surface area contributed by atoms with Crippen LogP contribution in [0.4, 0.5) is 0 Å². The number of rotatable bonds is 2. The number of ether oxygens (including phenoxy) is 1. The van der Waals surface area contributed by atoms with Crippen molar-refractivity contribution >= 4 is 31.9 Å². The molecule has 0 unspecified atom stereocenters. The van der Waals surface area contributed by atoms with Crippen LogP contribution < -0.4 is 0 Å². The van der Waals surface area contributed by atoms with Gasteiger partial charge in [0.05, 0.1) is 12.5 Å². The van der Waals surface area contributed by atoms with Crippen molar-refractivity contribution in [3.05, 3.63) is 22.5 Å². The predicted octanol–water partition coefficient (Wildman–Crippen LogP) is 2.74. The lowest BCUT2D eigenvalue weighted by Crippen LogP contribution is -1.56. The van der Waals surface area contributed by atoms with Crippen molar-refractivity contribution in [3.63, 3.8) is 0 Å². The quantitative estimate of drug-likeness (QED) is 0.660. The Labute approximate surface area is 59.3 Å². The summed E-state index contributed by atoms with van der Waals surface area (Å²) in [6.07, 6.45) is 3.02. The molecule has 0 aromatic carbocycles. The Bertz CT molecular complexity index is 67.8. The van der Waals surface area contributed by atoms with Crippen LogP contribution in [-0.2, 0) is 4.74 Å². The van der Waals surface area contributed by atoms with Gasteiger partial charge in [-0.25, -0.2) is 0 Å². The highest BCUT2D eigenvalue weighted by Gasteiger charge is 1.59. The first-order valence-electron chi connectivity index (χ1n) is 1.57. The molecule has 0 radical (unpaired) electrons.